The van der Waals surface area contributed by atoms with Crippen molar-refractivity contribution in [2.24, 2.45) is 0 Å². The molecule has 2 N–H and O–H groups in total. The molecule has 0 aliphatic rings. The van der Waals surface area contributed by atoms with Crippen molar-refractivity contribution in [3.8, 4) is 6.07 Å². The van der Waals surface area contributed by atoms with Gasteiger partial charge in [0.15, 0.2) is 0 Å². The normalized spacial score (nSPS) is 11.8. The first kappa shape index (κ1) is 16.8. The number of nitrogens with zero attached hydrogens (tertiary/aromatic N) is 1. The molecule has 1 rings (SSSR count). The third kappa shape index (κ3) is 4.96. The molecule has 0 aliphatic heterocycles. The van der Waals surface area contributed by atoms with E-state index in [1.807, 2.05) is 59.7 Å². The maximum absolute atomic E-state index is 12.2. The van der Waals surface area contributed by atoms with Crippen LogP contribution in [0.15, 0.2) is 23.9 Å². The first-order chi connectivity index (χ1) is 9.64. The lowest BCUT2D eigenvalue weighted by molar-refractivity contribution is -0.112. The van der Waals surface area contributed by atoms with E-state index in [0.717, 1.165) is 22.4 Å². The average molecular weight is 285 g/mol. The van der Waals surface area contributed by atoms with Crippen molar-refractivity contribution in [1.82, 2.24) is 5.32 Å². The molecule has 0 heterocycles. The van der Waals surface area contributed by atoms with E-state index in [-0.39, 0.29) is 11.1 Å². The minimum atomic E-state index is -0.399. The summed E-state index contributed by atoms with van der Waals surface area (Å²) in [7, 11) is 0. The van der Waals surface area contributed by atoms with E-state index in [1.54, 1.807) is 0 Å². The fraction of sp³-hybridized carbons (Fsp3) is 0.412. The zero-order chi connectivity index (χ0) is 16.2. The molecule has 0 saturated heterocycles. The molecule has 1 aromatic carbocycles. The van der Waals surface area contributed by atoms with Gasteiger partial charge in [-0.1, -0.05) is 17.7 Å². The van der Waals surface area contributed by atoms with Gasteiger partial charge in [-0.05, 0) is 52.7 Å². The SMILES string of the molecule is Cc1cc(C)c(NC(=O)/C(C#N)=C\NC(C)(C)C)c(C)c1. The molecule has 112 valence electrons. The van der Waals surface area contributed by atoms with Crippen LogP contribution in [0.3, 0.4) is 0 Å². The van der Waals surface area contributed by atoms with E-state index >= 15 is 0 Å². The number of hydrogen-bond acceptors (Lipinski definition) is 3. The highest BCUT2D eigenvalue weighted by molar-refractivity contribution is 6.07. The molecular weight excluding hydrogens is 262 g/mol. The standard InChI is InChI=1S/C17H23N3O/c1-11-7-12(2)15(13(3)8-11)20-16(21)14(9-18)10-19-17(4,5)6/h7-8,10,19H,1-6H3,(H,20,21)/b14-10-. The van der Waals surface area contributed by atoms with Crippen LogP contribution in [0.1, 0.15) is 37.5 Å². The molecule has 4 nitrogen and oxygen atoms in total. The maximum atomic E-state index is 12.2. The first-order valence-corrected chi connectivity index (χ1v) is 6.91. The Hall–Kier alpha value is -2.28. The second-order valence-corrected chi connectivity index (χ2v) is 6.29. The average Bonchev–Trinajstić information content (AvgIpc) is 2.33. The van der Waals surface area contributed by atoms with Crippen LogP contribution >= 0.6 is 0 Å². The summed E-state index contributed by atoms with van der Waals surface area (Å²) < 4.78 is 0. The molecule has 1 aromatic rings. The first-order valence-electron chi connectivity index (χ1n) is 6.91. The van der Waals surface area contributed by atoms with E-state index in [1.165, 1.54) is 6.20 Å². The Bertz CT molecular complexity index is 593. The number of aryl methyl sites for hydroxylation is 3. The molecule has 0 radical (unpaired) electrons. The Labute approximate surface area is 126 Å². The van der Waals surface area contributed by atoms with Gasteiger partial charge in [-0.25, -0.2) is 0 Å². The second-order valence-electron chi connectivity index (χ2n) is 6.29. The lowest BCUT2D eigenvalue weighted by Crippen LogP contribution is -2.32. The number of rotatable bonds is 3. The summed E-state index contributed by atoms with van der Waals surface area (Å²) in [4.78, 5) is 12.2. The summed E-state index contributed by atoms with van der Waals surface area (Å²) >= 11 is 0. The van der Waals surface area contributed by atoms with Gasteiger partial charge in [0.2, 0.25) is 0 Å². The Balaban J connectivity index is 2.98. The van der Waals surface area contributed by atoms with Crippen LogP contribution in [0.25, 0.3) is 0 Å². The molecule has 4 heteroatoms. The fourth-order valence-corrected chi connectivity index (χ4v) is 2.00. The summed E-state index contributed by atoms with van der Waals surface area (Å²) in [5, 5.41) is 15.0. The third-order valence-electron chi connectivity index (χ3n) is 2.93. The molecule has 0 bridgehead atoms. The summed E-state index contributed by atoms with van der Waals surface area (Å²) in [6, 6.07) is 5.94. The molecule has 0 aromatic heterocycles. The maximum Gasteiger partial charge on any atom is 0.267 e. The molecular formula is C17H23N3O. The Kier molecular flexibility index (Phi) is 5.15. The van der Waals surface area contributed by atoms with Crippen LogP contribution in [0.4, 0.5) is 5.69 Å². The highest BCUT2D eigenvalue weighted by atomic mass is 16.1. The molecule has 0 saturated carbocycles. The number of amides is 1. The van der Waals surface area contributed by atoms with Crippen molar-refractivity contribution in [1.29, 1.82) is 5.26 Å². The van der Waals surface area contributed by atoms with Crippen molar-refractivity contribution in [2.45, 2.75) is 47.1 Å². The number of benzene rings is 1. The number of carbonyl (C=O) groups is 1. The van der Waals surface area contributed by atoms with Crippen molar-refractivity contribution in [2.75, 3.05) is 5.32 Å². The van der Waals surface area contributed by atoms with Crippen LogP contribution in [0.5, 0.6) is 0 Å². The summed E-state index contributed by atoms with van der Waals surface area (Å²) in [5.41, 5.74) is 3.75. The van der Waals surface area contributed by atoms with Crippen LogP contribution in [-0.2, 0) is 4.79 Å². The van der Waals surface area contributed by atoms with Crippen LogP contribution in [-0.4, -0.2) is 11.4 Å². The van der Waals surface area contributed by atoms with Gasteiger partial charge in [-0.15, -0.1) is 0 Å². The number of nitriles is 1. The van der Waals surface area contributed by atoms with Gasteiger partial charge in [0.25, 0.3) is 5.91 Å². The van der Waals surface area contributed by atoms with Crippen LogP contribution in [0.2, 0.25) is 0 Å². The van der Waals surface area contributed by atoms with Crippen LogP contribution < -0.4 is 10.6 Å². The highest BCUT2D eigenvalue weighted by Gasteiger charge is 2.14. The van der Waals surface area contributed by atoms with Gasteiger partial charge < -0.3 is 10.6 Å². The largest absolute Gasteiger partial charge is 0.385 e. The molecule has 0 aliphatic carbocycles. The lowest BCUT2D eigenvalue weighted by Gasteiger charge is -2.19. The van der Waals surface area contributed by atoms with Gasteiger partial charge in [0.1, 0.15) is 11.6 Å². The van der Waals surface area contributed by atoms with Crippen molar-refractivity contribution < 1.29 is 4.79 Å². The number of nitrogens with one attached hydrogen (secondary N) is 2. The highest BCUT2D eigenvalue weighted by Crippen LogP contribution is 2.22. The summed E-state index contributed by atoms with van der Waals surface area (Å²) in [5.74, 6) is -0.399. The van der Waals surface area contributed by atoms with Crippen molar-refractivity contribution in [3.05, 3.63) is 40.6 Å². The molecule has 0 atom stereocenters. The Morgan fingerprint density at radius 3 is 2.14 bits per heavy atom. The molecule has 0 unspecified atom stereocenters. The Morgan fingerprint density at radius 2 is 1.71 bits per heavy atom. The minimum Gasteiger partial charge on any atom is -0.385 e. The van der Waals surface area contributed by atoms with Gasteiger partial charge in [0, 0.05) is 17.4 Å². The van der Waals surface area contributed by atoms with Crippen molar-refractivity contribution in [3.63, 3.8) is 0 Å². The number of hydrogen-bond donors (Lipinski definition) is 2. The predicted molar refractivity (Wildman–Crippen MR) is 85.9 cm³/mol. The molecule has 0 fully saturated rings. The van der Waals surface area contributed by atoms with Crippen molar-refractivity contribution >= 4 is 11.6 Å². The van der Waals surface area contributed by atoms with E-state index in [9.17, 15) is 4.79 Å². The van der Waals surface area contributed by atoms with E-state index in [4.69, 9.17) is 5.26 Å². The number of anilines is 1. The summed E-state index contributed by atoms with van der Waals surface area (Å²) in [6.07, 6.45) is 1.47. The topological polar surface area (TPSA) is 64.9 Å². The second kappa shape index (κ2) is 6.45. The van der Waals surface area contributed by atoms with Gasteiger partial charge in [0.05, 0.1) is 0 Å². The van der Waals surface area contributed by atoms with E-state index in [0.29, 0.717) is 0 Å². The zero-order valence-electron chi connectivity index (χ0n) is 13.6. The van der Waals surface area contributed by atoms with Crippen LogP contribution in [0, 0.1) is 32.1 Å². The third-order valence-corrected chi connectivity index (χ3v) is 2.93. The monoisotopic (exact) mass is 285 g/mol. The van der Waals surface area contributed by atoms with E-state index < -0.39 is 5.91 Å². The lowest BCUT2D eigenvalue weighted by atomic mass is 10.0. The minimum absolute atomic E-state index is 0.0595. The van der Waals surface area contributed by atoms with Gasteiger partial charge >= 0.3 is 0 Å². The number of carbonyl (C=O) groups excluding carboxylic acids is 1. The molecule has 1 amide bonds. The zero-order valence-corrected chi connectivity index (χ0v) is 13.6. The summed E-state index contributed by atoms with van der Waals surface area (Å²) in [6.45, 7) is 11.8. The van der Waals surface area contributed by atoms with E-state index in [2.05, 4.69) is 10.6 Å². The molecule has 21 heavy (non-hydrogen) atoms. The van der Waals surface area contributed by atoms with Gasteiger partial charge in [-0.2, -0.15) is 5.26 Å². The smallest absolute Gasteiger partial charge is 0.267 e. The predicted octanol–water partition coefficient (Wildman–Crippen LogP) is 3.35. The van der Waals surface area contributed by atoms with Gasteiger partial charge in [-0.3, -0.25) is 4.79 Å². The fourth-order valence-electron chi connectivity index (χ4n) is 2.00. The Morgan fingerprint density at radius 1 is 1.19 bits per heavy atom. The quantitative estimate of drug-likeness (QED) is 0.661. The molecule has 0 spiro atoms.